The van der Waals surface area contributed by atoms with Gasteiger partial charge >= 0.3 is 18.1 Å². The average molecular weight is 396 g/mol. The van der Waals surface area contributed by atoms with Crippen molar-refractivity contribution in [1.29, 1.82) is 0 Å². The number of carbonyl (C=O) groups excluding carboxylic acids is 1. The van der Waals surface area contributed by atoms with Crippen LogP contribution in [0.3, 0.4) is 0 Å². The molecule has 2 heterocycles. The van der Waals surface area contributed by atoms with Gasteiger partial charge in [0, 0.05) is 37.3 Å². The lowest BCUT2D eigenvalue weighted by Crippen LogP contribution is -2.66. The summed E-state index contributed by atoms with van der Waals surface area (Å²) < 4.78 is 55.5. The molecular weight excluding hydrogens is 379 g/mol. The number of ether oxygens (including phenoxy) is 3. The number of nitrogens with zero attached hydrogens (tertiary/aromatic N) is 1. The van der Waals surface area contributed by atoms with Crippen molar-refractivity contribution in [1.82, 2.24) is 15.5 Å². The summed E-state index contributed by atoms with van der Waals surface area (Å²) in [5.74, 6) is -3.67. The van der Waals surface area contributed by atoms with Crippen molar-refractivity contribution < 1.29 is 32.2 Å². The van der Waals surface area contributed by atoms with E-state index in [0.717, 1.165) is 0 Å². The fourth-order valence-electron chi connectivity index (χ4n) is 2.56. The number of hydrogen-bond donors (Lipinski definition) is 2. The molecule has 2 aliphatic heterocycles. The maximum Gasteiger partial charge on any atom is 0.492 e. The first-order valence-corrected chi connectivity index (χ1v) is 8.27. The van der Waals surface area contributed by atoms with E-state index in [9.17, 15) is 18.0 Å². The molecule has 3 rings (SSSR count). The molecule has 1 saturated heterocycles. The van der Waals surface area contributed by atoms with E-state index in [-0.39, 0.29) is 23.1 Å². The lowest BCUT2D eigenvalue weighted by Gasteiger charge is -2.30. The van der Waals surface area contributed by atoms with Crippen LogP contribution >= 0.6 is 11.6 Å². The summed E-state index contributed by atoms with van der Waals surface area (Å²) in [6.07, 6.45) is -5.01. The average Bonchev–Trinajstić information content (AvgIpc) is 2.94. The molecule has 1 atom stereocenters. The van der Waals surface area contributed by atoms with E-state index in [1.54, 1.807) is 5.32 Å². The molecule has 0 radical (unpaired) electrons. The number of amides is 2. The van der Waals surface area contributed by atoms with Crippen LogP contribution in [0.2, 0.25) is 5.02 Å². The molecule has 26 heavy (non-hydrogen) atoms. The number of alkyl halides is 3. The predicted octanol–water partition coefficient (Wildman–Crippen LogP) is 1.96. The lowest BCUT2D eigenvalue weighted by atomic mass is 10.3. The Kier molecular flexibility index (Phi) is 5.35. The molecule has 0 unspecified atom stereocenters. The number of fused-ring (bicyclic) bond motifs is 1. The first kappa shape index (κ1) is 18.9. The number of benzene rings is 1. The third kappa shape index (κ3) is 4.08. The summed E-state index contributed by atoms with van der Waals surface area (Å²) in [5.41, 5.74) is 0. The summed E-state index contributed by atoms with van der Waals surface area (Å²) in [7, 11) is 0. The Bertz CT molecular complexity index is 670. The van der Waals surface area contributed by atoms with Gasteiger partial charge in [0.2, 0.25) is 0 Å². The van der Waals surface area contributed by atoms with Gasteiger partial charge in [0.1, 0.15) is 0 Å². The van der Waals surface area contributed by atoms with E-state index >= 15 is 0 Å². The molecule has 1 aromatic carbocycles. The Balaban J connectivity index is 1.60. The number of nitrogens with one attached hydrogen (secondary N) is 2. The minimum absolute atomic E-state index is 0.165. The van der Waals surface area contributed by atoms with Crippen LogP contribution in [0.5, 0.6) is 11.5 Å². The first-order valence-electron chi connectivity index (χ1n) is 7.89. The quantitative estimate of drug-likeness (QED) is 0.815. The van der Waals surface area contributed by atoms with Crippen molar-refractivity contribution >= 4 is 17.6 Å². The van der Waals surface area contributed by atoms with E-state index in [4.69, 9.17) is 25.8 Å². The smallest absolute Gasteiger partial charge is 0.424 e. The zero-order valence-corrected chi connectivity index (χ0v) is 14.3. The van der Waals surface area contributed by atoms with E-state index in [2.05, 4.69) is 5.32 Å². The molecule has 7 nitrogen and oxygen atoms in total. The number of urea groups is 1. The monoisotopic (exact) mass is 395 g/mol. The van der Waals surface area contributed by atoms with Gasteiger partial charge in [-0.05, 0) is 12.1 Å². The van der Waals surface area contributed by atoms with Crippen LogP contribution < -0.4 is 20.1 Å². The standard InChI is InChI=1S/C15H17ClF3N3O4/c16-10-1-2-11-12(9-10)26-15(25-11,14(17,18)19)21-13(23)20-3-4-22-5-7-24-8-6-22/h1-2,9H,3-8H2,(H2,20,21,23)/t15-/m0/s1. The Morgan fingerprint density at radius 1 is 1.23 bits per heavy atom. The summed E-state index contributed by atoms with van der Waals surface area (Å²) in [4.78, 5) is 14.0. The molecule has 11 heteroatoms. The van der Waals surface area contributed by atoms with E-state index in [0.29, 0.717) is 32.8 Å². The second kappa shape index (κ2) is 7.37. The third-order valence-corrected chi connectivity index (χ3v) is 4.12. The minimum Gasteiger partial charge on any atom is -0.424 e. The number of hydrogen-bond acceptors (Lipinski definition) is 5. The Labute approximate surface area is 152 Å². The van der Waals surface area contributed by atoms with Crippen LogP contribution in [0, 0.1) is 0 Å². The van der Waals surface area contributed by atoms with Crippen molar-refractivity contribution in [3.63, 3.8) is 0 Å². The van der Waals surface area contributed by atoms with Gasteiger partial charge in [0.25, 0.3) is 0 Å². The zero-order chi connectivity index (χ0) is 18.8. The van der Waals surface area contributed by atoms with Crippen molar-refractivity contribution in [2.24, 2.45) is 0 Å². The molecule has 144 valence electrons. The molecular formula is C15H17ClF3N3O4. The zero-order valence-electron chi connectivity index (χ0n) is 13.6. The van der Waals surface area contributed by atoms with Crippen LogP contribution in [0.25, 0.3) is 0 Å². The van der Waals surface area contributed by atoms with E-state index in [1.807, 2.05) is 4.90 Å². The van der Waals surface area contributed by atoms with Gasteiger partial charge in [-0.15, -0.1) is 0 Å². The topological polar surface area (TPSA) is 72.1 Å². The summed E-state index contributed by atoms with van der Waals surface area (Å²) in [6, 6.07) is 2.72. The molecule has 2 N–H and O–H groups in total. The fraction of sp³-hybridized carbons (Fsp3) is 0.533. The number of halogens is 4. The van der Waals surface area contributed by atoms with Crippen LogP contribution in [-0.2, 0) is 4.74 Å². The molecule has 2 amide bonds. The molecule has 0 bridgehead atoms. The van der Waals surface area contributed by atoms with Gasteiger partial charge in [-0.1, -0.05) is 11.6 Å². The highest BCUT2D eigenvalue weighted by molar-refractivity contribution is 6.30. The molecule has 1 aromatic rings. The van der Waals surface area contributed by atoms with Gasteiger partial charge in [0.05, 0.1) is 13.2 Å². The van der Waals surface area contributed by atoms with Gasteiger partial charge in [-0.25, -0.2) is 4.79 Å². The van der Waals surface area contributed by atoms with Crippen LogP contribution in [0.15, 0.2) is 18.2 Å². The highest BCUT2D eigenvalue weighted by Crippen LogP contribution is 2.45. The van der Waals surface area contributed by atoms with Gasteiger partial charge in [0.15, 0.2) is 11.5 Å². The van der Waals surface area contributed by atoms with Crippen LogP contribution in [0.4, 0.5) is 18.0 Å². The van der Waals surface area contributed by atoms with Crippen molar-refractivity contribution in [3.05, 3.63) is 23.2 Å². The van der Waals surface area contributed by atoms with Gasteiger partial charge in [-0.3, -0.25) is 10.2 Å². The highest BCUT2D eigenvalue weighted by atomic mass is 35.5. The third-order valence-electron chi connectivity index (χ3n) is 3.88. The molecule has 0 aliphatic carbocycles. The Morgan fingerprint density at radius 2 is 1.92 bits per heavy atom. The van der Waals surface area contributed by atoms with E-state index < -0.39 is 18.1 Å². The minimum atomic E-state index is -5.01. The lowest BCUT2D eigenvalue weighted by molar-refractivity contribution is -0.317. The maximum absolute atomic E-state index is 13.5. The highest BCUT2D eigenvalue weighted by Gasteiger charge is 2.65. The van der Waals surface area contributed by atoms with Crippen molar-refractivity contribution in [2.75, 3.05) is 39.4 Å². The summed E-state index contributed by atoms with van der Waals surface area (Å²) in [6.45, 7) is 3.25. The van der Waals surface area contributed by atoms with E-state index in [1.165, 1.54) is 18.2 Å². The SMILES string of the molecule is O=C(NCCN1CCOCC1)N[C@@]1(C(F)(F)F)Oc2ccc(Cl)cc2O1. The second-order valence-corrected chi connectivity index (χ2v) is 6.18. The van der Waals surface area contributed by atoms with Crippen LogP contribution in [-0.4, -0.2) is 62.4 Å². The molecule has 2 aliphatic rings. The largest absolute Gasteiger partial charge is 0.492 e. The molecule has 0 saturated carbocycles. The summed E-state index contributed by atoms with van der Waals surface area (Å²) in [5, 5.41) is 4.28. The number of morpholine rings is 1. The second-order valence-electron chi connectivity index (χ2n) is 5.74. The maximum atomic E-state index is 13.5. The molecule has 1 fully saturated rings. The Morgan fingerprint density at radius 3 is 2.62 bits per heavy atom. The van der Waals surface area contributed by atoms with Crippen molar-refractivity contribution in [2.45, 2.75) is 12.1 Å². The molecule has 0 spiro atoms. The fourth-order valence-corrected chi connectivity index (χ4v) is 2.72. The summed E-state index contributed by atoms with van der Waals surface area (Å²) >= 11 is 5.75. The number of rotatable bonds is 4. The molecule has 0 aromatic heterocycles. The Hall–Kier alpha value is -1.91. The van der Waals surface area contributed by atoms with Gasteiger partial charge < -0.3 is 19.5 Å². The van der Waals surface area contributed by atoms with Crippen molar-refractivity contribution in [3.8, 4) is 11.5 Å². The van der Waals surface area contributed by atoms with Gasteiger partial charge in [-0.2, -0.15) is 13.2 Å². The predicted molar refractivity (Wildman–Crippen MR) is 85.3 cm³/mol. The number of carbonyl (C=O) groups is 1. The normalized spacial score (nSPS) is 22.9. The van der Waals surface area contributed by atoms with Crippen LogP contribution in [0.1, 0.15) is 0 Å². The first-order chi connectivity index (χ1) is 12.3.